The van der Waals surface area contributed by atoms with Gasteiger partial charge in [-0.2, -0.15) is 0 Å². The number of carbonyl (C=O) groups excluding carboxylic acids is 2. The summed E-state index contributed by atoms with van der Waals surface area (Å²) in [5.74, 6) is -0.950. The molecular formula is C11H8Br2N2O3S2. The second kappa shape index (κ2) is 6.79. The topological polar surface area (TPSA) is 68.3 Å². The summed E-state index contributed by atoms with van der Waals surface area (Å²) in [4.78, 5) is 27.8. The van der Waals surface area contributed by atoms with Crippen molar-refractivity contribution in [2.45, 2.75) is 6.92 Å². The molecule has 5 nitrogen and oxygen atoms in total. The second-order valence-corrected chi connectivity index (χ2v) is 7.73. The van der Waals surface area contributed by atoms with Gasteiger partial charge in [-0.05, 0) is 44.8 Å². The van der Waals surface area contributed by atoms with Gasteiger partial charge in [0.05, 0.1) is 9.48 Å². The molecule has 0 saturated heterocycles. The fourth-order valence-corrected chi connectivity index (χ4v) is 3.85. The van der Waals surface area contributed by atoms with Crippen LogP contribution < -0.4 is 5.32 Å². The zero-order valence-corrected chi connectivity index (χ0v) is 14.9. The number of aromatic nitrogens is 1. The average Bonchev–Trinajstić information content (AvgIpc) is 2.94. The number of aryl methyl sites for hydroxylation is 1. The lowest BCUT2D eigenvalue weighted by atomic mass is 10.5. The van der Waals surface area contributed by atoms with E-state index in [0.717, 1.165) is 14.0 Å². The Morgan fingerprint density at radius 3 is 2.75 bits per heavy atom. The van der Waals surface area contributed by atoms with Gasteiger partial charge in [0.2, 0.25) is 0 Å². The Bertz CT molecular complexity index is 634. The van der Waals surface area contributed by atoms with Gasteiger partial charge >= 0.3 is 5.97 Å². The standard InChI is InChI=1S/C11H8Br2N2O3S2/c1-5-4-19-11(14-5)15-8(16)3-18-10(17)7-2-6(12)9(13)20-7/h2,4H,3H2,1H3,(H,14,15,16). The van der Waals surface area contributed by atoms with Crippen LogP contribution in [0.4, 0.5) is 5.13 Å². The first kappa shape index (κ1) is 15.6. The molecule has 0 aromatic carbocycles. The highest BCUT2D eigenvalue weighted by Crippen LogP contribution is 2.32. The number of hydrogen-bond donors (Lipinski definition) is 1. The summed E-state index contributed by atoms with van der Waals surface area (Å²) >= 11 is 9.12. The number of hydrogen-bond acceptors (Lipinski definition) is 6. The van der Waals surface area contributed by atoms with E-state index < -0.39 is 11.9 Å². The highest BCUT2D eigenvalue weighted by atomic mass is 79.9. The molecule has 0 atom stereocenters. The monoisotopic (exact) mass is 438 g/mol. The molecule has 0 aliphatic rings. The Morgan fingerprint density at radius 2 is 2.20 bits per heavy atom. The van der Waals surface area contributed by atoms with Crippen molar-refractivity contribution in [1.29, 1.82) is 0 Å². The molecule has 0 unspecified atom stereocenters. The lowest BCUT2D eigenvalue weighted by molar-refractivity contribution is -0.119. The molecule has 0 aliphatic heterocycles. The Morgan fingerprint density at radius 1 is 1.45 bits per heavy atom. The van der Waals surface area contributed by atoms with Crippen LogP contribution in [0.5, 0.6) is 0 Å². The van der Waals surface area contributed by atoms with Crippen LogP contribution >= 0.6 is 54.5 Å². The number of halogens is 2. The predicted molar refractivity (Wildman–Crippen MR) is 85.5 cm³/mol. The van der Waals surface area contributed by atoms with Crippen molar-refractivity contribution < 1.29 is 14.3 Å². The number of nitrogens with one attached hydrogen (secondary N) is 1. The zero-order chi connectivity index (χ0) is 14.7. The molecule has 2 rings (SSSR count). The van der Waals surface area contributed by atoms with Gasteiger partial charge in [-0.25, -0.2) is 9.78 Å². The van der Waals surface area contributed by atoms with E-state index in [-0.39, 0.29) is 6.61 Å². The number of rotatable bonds is 4. The van der Waals surface area contributed by atoms with Crippen molar-refractivity contribution >= 4 is 71.5 Å². The van der Waals surface area contributed by atoms with E-state index in [1.54, 1.807) is 6.07 Å². The molecule has 2 aromatic heterocycles. The van der Waals surface area contributed by atoms with Crippen LogP contribution in [0.15, 0.2) is 19.7 Å². The number of esters is 1. The van der Waals surface area contributed by atoms with Crippen LogP contribution in [0, 0.1) is 6.92 Å². The smallest absolute Gasteiger partial charge is 0.348 e. The minimum absolute atomic E-state index is 0.343. The number of anilines is 1. The number of amides is 1. The predicted octanol–water partition coefficient (Wildman–Crippen LogP) is 3.83. The molecule has 20 heavy (non-hydrogen) atoms. The van der Waals surface area contributed by atoms with Crippen molar-refractivity contribution in [2.75, 3.05) is 11.9 Å². The molecule has 1 N–H and O–H groups in total. The molecule has 0 fully saturated rings. The van der Waals surface area contributed by atoms with Gasteiger partial charge < -0.3 is 4.74 Å². The maximum absolute atomic E-state index is 11.7. The molecule has 1 amide bonds. The van der Waals surface area contributed by atoms with E-state index in [1.807, 2.05) is 12.3 Å². The molecular weight excluding hydrogens is 432 g/mol. The maximum atomic E-state index is 11.7. The molecule has 2 heterocycles. The quantitative estimate of drug-likeness (QED) is 0.735. The van der Waals surface area contributed by atoms with Gasteiger partial charge in [0.1, 0.15) is 4.88 Å². The van der Waals surface area contributed by atoms with Crippen LogP contribution in [0.25, 0.3) is 0 Å². The largest absolute Gasteiger partial charge is 0.451 e. The molecule has 0 saturated carbocycles. The summed E-state index contributed by atoms with van der Waals surface area (Å²) in [5.41, 5.74) is 0.829. The van der Waals surface area contributed by atoms with Gasteiger partial charge in [-0.1, -0.05) is 0 Å². The van der Waals surface area contributed by atoms with E-state index in [1.165, 1.54) is 22.7 Å². The van der Waals surface area contributed by atoms with Crippen LogP contribution in [0.3, 0.4) is 0 Å². The van der Waals surface area contributed by atoms with Crippen molar-refractivity contribution in [3.63, 3.8) is 0 Å². The highest BCUT2D eigenvalue weighted by molar-refractivity contribution is 9.13. The fraction of sp³-hybridized carbons (Fsp3) is 0.182. The molecule has 2 aromatic rings. The fourth-order valence-electron chi connectivity index (χ4n) is 1.22. The number of thiophene rings is 1. The van der Waals surface area contributed by atoms with Crippen LogP contribution in [0.1, 0.15) is 15.4 Å². The van der Waals surface area contributed by atoms with Crippen molar-refractivity contribution in [3.05, 3.63) is 30.3 Å². The number of nitrogens with zero attached hydrogens (tertiary/aromatic N) is 1. The Hall–Kier alpha value is -0.770. The molecule has 0 bridgehead atoms. The summed E-state index contributed by atoms with van der Waals surface area (Å²) < 4.78 is 6.51. The highest BCUT2D eigenvalue weighted by Gasteiger charge is 2.15. The van der Waals surface area contributed by atoms with E-state index in [0.29, 0.717) is 10.0 Å². The summed E-state index contributed by atoms with van der Waals surface area (Å²) in [5, 5.41) is 4.87. The first-order valence-electron chi connectivity index (χ1n) is 5.29. The third kappa shape index (κ3) is 4.11. The zero-order valence-electron chi connectivity index (χ0n) is 10.1. The first-order valence-corrected chi connectivity index (χ1v) is 8.58. The average molecular weight is 440 g/mol. The normalized spacial score (nSPS) is 10.3. The Balaban J connectivity index is 1.85. The van der Waals surface area contributed by atoms with E-state index in [2.05, 4.69) is 42.2 Å². The molecule has 0 radical (unpaired) electrons. The summed E-state index contributed by atoms with van der Waals surface area (Å²) in [6.07, 6.45) is 0. The maximum Gasteiger partial charge on any atom is 0.348 e. The number of carbonyl (C=O) groups is 2. The van der Waals surface area contributed by atoms with Crippen molar-refractivity contribution in [3.8, 4) is 0 Å². The summed E-state index contributed by atoms with van der Waals surface area (Å²) in [6.45, 7) is 1.49. The van der Waals surface area contributed by atoms with E-state index in [4.69, 9.17) is 4.74 Å². The molecule has 0 aliphatic carbocycles. The van der Waals surface area contributed by atoms with E-state index in [9.17, 15) is 9.59 Å². The number of ether oxygens (including phenoxy) is 1. The van der Waals surface area contributed by atoms with Gasteiger partial charge in [0.15, 0.2) is 11.7 Å². The van der Waals surface area contributed by atoms with E-state index >= 15 is 0 Å². The minimum atomic E-state index is -0.535. The van der Waals surface area contributed by atoms with Crippen LogP contribution in [-0.2, 0) is 9.53 Å². The Labute approximate surface area is 139 Å². The van der Waals surface area contributed by atoms with Crippen molar-refractivity contribution in [1.82, 2.24) is 4.98 Å². The lowest BCUT2D eigenvalue weighted by Gasteiger charge is -2.02. The number of thiazole rings is 1. The Kier molecular flexibility index (Phi) is 5.30. The first-order chi connectivity index (χ1) is 9.45. The summed E-state index contributed by atoms with van der Waals surface area (Å²) in [7, 11) is 0. The molecule has 9 heteroatoms. The lowest BCUT2D eigenvalue weighted by Crippen LogP contribution is -2.20. The third-order valence-electron chi connectivity index (χ3n) is 2.05. The van der Waals surface area contributed by atoms with Crippen LogP contribution in [0.2, 0.25) is 0 Å². The molecule has 0 spiro atoms. The van der Waals surface area contributed by atoms with Gasteiger partial charge in [0.25, 0.3) is 5.91 Å². The molecule has 106 valence electrons. The van der Waals surface area contributed by atoms with Gasteiger partial charge in [-0.3, -0.25) is 10.1 Å². The summed E-state index contributed by atoms with van der Waals surface area (Å²) in [6, 6.07) is 1.64. The van der Waals surface area contributed by atoms with Crippen molar-refractivity contribution in [2.24, 2.45) is 0 Å². The van der Waals surface area contributed by atoms with Gasteiger partial charge in [0, 0.05) is 9.85 Å². The third-order valence-corrected chi connectivity index (χ3v) is 6.16. The SMILES string of the molecule is Cc1csc(NC(=O)COC(=O)c2cc(Br)c(Br)s2)n1. The second-order valence-electron chi connectivity index (χ2n) is 3.65. The van der Waals surface area contributed by atoms with Crippen LogP contribution in [-0.4, -0.2) is 23.5 Å². The minimum Gasteiger partial charge on any atom is -0.451 e. The van der Waals surface area contributed by atoms with Gasteiger partial charge in [-0.15, -0.1) is 22.7 Å².